The molecule has 86 valence electrons. The lowest BCUT2D eigenvalue weighted by atomic mass is 9.95. The van der Waals surface area contributed by atoms with Crippen molar-refractivity contribution in [3.8, 4) is 0 Å². The fourth-order valence-corrected chi connectivity index (χ4v) is 2.81. The number of rotatable bonds is 5. The monoisotopic (exact) mass is 232 g/mol. The summed E-state index contributed by atoms with van der Waals surface area (Å²) in [6.07, 6.45) is 1.69. The van der Waals surface area contributed by atoms with E-state index in [0.717, 1.165) is 12.2 Å². The minimum Gasteiger partial charge on any atom is -0.480 e. The zero-order chi connectivity index (χ0) is 11.3. The van der Waals surface area contributed by atoms with Crippen molar-refractivity contribution in [3.05, 3.63) is 0 Å². The van der Waals surface area contributed by atoms with Crippen LogP contribution < -0.4 is 11.1 Å². The third kappa shape index (κ3) is 3.39. The normalized spacial score (nSPS) is 26.1. The molecule has 1 unspecified atom stereocenters. The molecule has 0 spiro atoms. The highest BCUT2D eigenvalue weighted by Crippen LogP contribution is 2.26. The molecule has 0 aliphatic carbocycles. The third-order valence-corrected chi connectivity index (χ3v) is 3.76. The number of carbonyl (C=O) groups excluding carboxylic acids is 1. The van der Waals surface area contributed by atoms with Gasteiger partial charge in [-0.25, -0.2) is 0 Å². The minimum atomic E-state index is -0.863. The number of hydrogen-bond acceptors (Lipinski definition) is 4. The van der Waals surface area contributed by atoms with Crippen molar-refractivity contribution in [3.63, 3.8) is 0 Å². The Morgan fingerprint density at radius 1 is 1.53 bits per heavy atom. The fraction of sp³-hybridized carbons (Fsp3) is 0.778. The van der Waals surface area contributed by atoms with Gasteiger partial charge in [0.1, 0.15) is 5.54 Å². The zero-order valence-electron chi connectivity index (χ0n) is 8.49. The van der Waals surface area contributed by atoms with Crippen molar-refractivity contribution in [1.82, 2.24) is 5.32 Å². The van der Waals surface area contributed by atoms with Gasteiger partial charge >= 0.3 is 5.97 Å². The van der Waals surface area contributed by atoms with Crippen LogP contribution in [0.1, 0.15) is 19.3 Å². The second-order valence-electron chi connectivity index (χ2n) is 3.69. The van der Waals surface area contributed by atoms with Crippen LogP contribution in [0.15, 0.2) is 0 Å². The van der Waals surface area contributed by atoms with Crippen LogP contribution in [-0.4, -0.2) is 40.6 Å². The highest BCUT2D eigenvalue weighted by Gasteiger charge is 2.39. The second kappa shape index (κ2) is 5.37. The van der Waals surface area contributed by atoms with Crippen molar-refractivity contribution >= 4 is 23.6 Å². The molecule has 0 aromatic rings. The minimum absolute atomic E-state index is 0.180. The summed E-state index contributed by atoms with van der Waals surface area (Å²) in [6.45, 7) is 0.336. The Labute approximate surface area is 92.8 Å². The number of hydrogen-bond donors (Lipinski definition) is 3. The Hall–Kier alpha value is -0.750. The molecule has 15 heavy (non-hydrogen) atoms. The van der Waals surface area contributed by atoms with E-state index in [2.05, 4.69) is 5.32 Å². The molecule has 0 bridgehead atoms. The van der Waals surface area contributed by atoms with E-state index in [4.69, 9.17) is 10.8 Å². The molecular formula is C9H16N2O3S. The molecule has 1 rings (SSSR count). The van der Waals surface area contributed by atoms with Crippen molar-refractivity contribution in [2.45, 2.75) is 24.8 Å². The molecule has 0 radical (unpaired) electrons. The second-order valence-corrected chi connectivity index (χ2v) is 4.79. The smallest absolute Gasteiger partial charge is 0.324 e. The number of aliphatic carboxylic acids is 1. The van der Waals surface area contributed by atoms with Crippen LogP contribution in [0, 0.1) is 0 Å². The van der Waals surface area contributed by atoms with Gasteiger partial charge in [-0.2, -0.15) is 11.8 Å². The molecule has 1 atom stereocenters. The third-order valence-electron chi connectivity index (χ3n) is 2.48. The number of thioether (sulfide) groups is 1. The van der Waals surface area contributed by atoms with Crippen molar-refractivity contribution in [2.75, 3.05) is 18.1 Å². The first-order chi connectivity index (χ1) is 7.07. The van der Waals surface area contributed by atoms with Crippen molar-refractivity contribution in [1.29, 1.82) is 0 Å². The van der Waals surface area contributed by atoms with E-state index < -0.39 is 17.4 Å². The van der Waals surface area contributed by atoms with E-state index >= 15 is 0 Å². The summed E-state index contributed by atoms with van der Waals surface area (Å²) in [6, 6.07) is 0. The molecule has 1 aliphatic heterocycles. The van der Waals surface area contributed by atoms with Gasteiger partial charge in [0.2, 0.25) is 5.91 Å². The molecule has 1 heterocycles. The molecule has 0 saturated carbocycles. The molecule has 0 aromatic carbocycles. The molecule has 5 nitrogen and oxygen atoms in total. The Morgan fingerprint density at radius 3 is 2.73 bits per heavy atom. The lowest BCUT2D eigenvalue weighted by Crippen LogP contribution is -2.56. The Bertz CT molecular complexity index is 252. The molecule has 1 fully saturated rings. The van der Waals surface area contributed by atoms with Crippen molar-refractivity contribution in [2.24, 2.45) is 5.73 Å². The quantitative estimate of drug-likeness (QED) is 0.610. The summed E-state index contributed by atoms with van der Waals surface area (Å²) in [4.78, 5) is 21.7. The number of nitrogens with one attached hydrogen (secondary N) is 1. The van der Waals surface area contributed by atoms with Crippen LogP contribution in [0.5, 0.6) is 0 Å². The maximum absolute atomic E-state index is 11.2. The largest absolute Gasteiger partial charge is 0.480 e. The Morgan fingerprint density at radius 2 is 2.27 bits per heavy atom. The van der Waals surface area contributed by atoms with Gasteiger partial charge in [0.05, 0.1) is 0 Å². The first kappa shape index (κ1) is 12.3. The lowest BCUT2D eigenvalue weighted by Gasteiger charge is -2.33. The molecular weight excluding hydrogens is 216 g/mol. The number of carboxylic acid groups (broad SMARTS) is 1. The molecule has 4 N–H and O–H groups in total. The average Bonchev–Trinajstić information content (AvgIpc) is 2.18. The van der Waals surface area contributed by atoms with Gasteiger partial charge in [-0.05, 0) is 18.6 Å². The number of carbonyl (C=O) groups is 2. The van der Waals surface area contributed by atoms with E-state index in [1.165, 1.54) is 0 Å². The fourth-order valence-electron chi connectivity index (χ4n) is 1.60. The first-order valence-corrected chi connectivity index (χ1v) is 6.07. The molecule has 0 aromatic heterocycles. The Balaban J connectivity index is 2.49. The van der Waals surface area contributed by atoms with E-state index in [1.807, 2.05) is 0 Å². The summed E-state index contributed by atoms with van der Waals surface area (Å²) in [7, 11) is 0. The average molecular weight is 232 g/mol. The highest BCUT2D eigenvalue weighted by molar-refractivity contribution is 7.99. The molecule has 1 aliphatic rings. The lowest BCUT2D eigenvalue weighted by molar-refractivity contribution is -0.144. The summed E-state index contributed by atoms with van der Waals surface area (Å²) in [5.41, 5.74) is 4.13. The Kier molecular flexibility index (Phi) is 4.41. The van der Waals surface area contributed by atoms with Gasteiger partial charge in [-0.1, -0.05) is 0 Å². The van der Waals surface area contributed by atoms with Gasteiger partial charge < -0.3 is 16.2 Å². The predicted molar refractivity (Wildman–Crippen MR) is 58.7 cm³/mol. The topological polar surface area (TPSA) is 92.4 Å². The van der Waals surface area contributed by atoms with Gasteiger partial charge in [-0.15, -0.1) is 0 Å². The van der Waals surface area contributed by atoms with Gasteiger partial charge in [-0.3, -0.25) is 9.59 Å². The summed E-state index contributed by atoms with van der Waals surface area (Å²) >= 11 is 1.63. The van der Waals surface area contributed by atoms with Crippen molar-refractivity contribution < 1.29 is 14.7 Å². The van der Waals surface area contributed by atoms with E-state index in [1.54, 1.807) is 11.8 Å². The maximum atomic E-state index is 11.2. The van der Waals surface area contributed by atoms with E-state index in [-0.39, 0.29) is 6.42 Å². The number of carboxylic acids is 1. The van der Waals surface area contributed by atoms with Gasteiger partial charge in [0, 0.05) is 18.7 Å². The predicted octanol–water partition coefficient (Wildman–Crippen LogP) is -0.198. The summed E-state index contributed by atoms with van der Waals surface area (Å²) < 4.78 is 0. The zero-order valence-corrected chi connectivity index (χ0v) is 9.31. The standard InChI is InChI=1S/C9H16N2O3S/c10-7(12)2-4-11-9(8(13)14)3-1-5-15-6-9/h11H,1-6H2,(H2,10,12)(H,13,14). The van der Waals surface area contributed by atoms with Crippen LogP contribution >= 0.6 is 11.8 Å². The van der Waals surface area contributed by atoms with E-state index in [9.17, 15) is 9.59 Å². The van der Waals surface area contributed by atoms with Crippen LogP contribution in [0.25, 0.3) is 0 Å². The van der Waals surface area contributed by atoms with Gasteiger partial charge in [0.25, 0.3) is 0 Å². The molecule has 6 heteroatoms. The van der Waals surface area contributed by atoms with Crippen LogP contribution in [0.4, 0.5) is 0 Å². The van der Waals surface area contributed by atoms with Crippen LogP contribution in [-0.2, 0) is 9.59 Å². The molecule has 1 amide bonds. The SMILES string of the molecule is NC(=O)CCNC1(C(=O)O)CCCSC1. The number of nitrogens with two attached hydrogens (primary N) is 1. The van der Waals surface area contributed by atoms with E-state index in [0.29, 0.717) is 18.7 Å². The summed E-state index contributed by atoms with van der Waals surface area (Å²) in [5.74, 6) is 0.318. The van der Waals surface area contributed by atoms with Gasteiger partial charge in [0.15, 0.2) is 0 Å². The number of amides is 1. The summed E-state index contributed by atoms with van der Waals surface area (Å²) in [5, 5.41) is 12.1. The number of primary amides is 1. The van der Waals surface area contributed by atoms with Crippen LogP contribution in [0.3, 0.4) is 0 Å². The molecule has 1 saturated heterocycles. The first-order valence-electron chi connectivity index (χ1n) is 4.91. The maximum Gasteiger partial charge on any atom is 0.324 e. The highest BCUT2D eigenvalue weighted by atomic mass is 32.2. The van der Waals surface area contributed by atoms with Crippen LogP contribution in [0.2, 0.25) is 0 Å².